The summed E-state index contributed by atoms with van der Waals surface area (Å²) < 4.78 is 5.50. The second-order valence-electron chi connectivity index (χ2n) is 7.08. The second kappa shape index (κ2) is 8.40. The van der Waals surface area contributed by atoms with Crippen molar-refractivity contribution in [2.24, 2.45) is 5.41 Å². The third-order valence-electron chi connectivity index (χ3n) is 3.81. The quantitative estimate of drug-likeness (QED) is 0.716. The van der Waals surface area contributed by atoms with Crippen molar-refractivity contribution in [3.05, 3.63) is 29.8 Å². The van der Waals surface area contributed by atoms with Gasteiger partial charge >= 0.3 is 0 Å². The van der Waals surface area contributed by atoms with Crippen molar-refractivity contribution in [2.75, 3.05) is 18.5 Å². The Hall–Kier alpha value is -1.99. The monoisotopic (exact) mass is 363 g/mol. The van der Waals surface area contributed by atoms with Crippen molar-refractivity contribution < 1.29 is 14.3 Å². The molecule has 1 aliphatic rings. The lowest BCUT2D eigenvalue weighted by atomic mass is 9.96. The molecule has 1 atom stereocenters. The molecule has 1 aromatic carbocycles. The molecule has 2 amide bonds. The van der Waals surface area contributed by atoms with Crippen molar-refractivity contribution in [1.29, 1.82) is 0 Å². The average molecular weight is 363 g/mol. The van der Waals surface area contributed by atoms with Gasteiger partial charge in [-0.2, -0.15) is 0 Å². The van der Waals surface area contributed by atoms with E-state index in [1.807, 2.05) is 20.8 Å². The summed E-state index contributed by atoms with van der Waals surface area (Å²) in [4.78, 5) is 24.2. The summed E-state index contributed by atoms with van der Waals surface area (Å²) in [5.41, 5.74) is 0.632. The summed E-state index contributed by atoms with van der Waals surface area (Å²) >= 11 is 5.15. The van der Waals surface area contributed by atoms with Gasteiger partial charge in [-0.15, -0.1) is 0 Å². The first-order valence-corrected chi connectivity index (χ1v) is 8.79. The van der Waals surface area contributed by atoms with Crippen molar-refractivity contribution in [2.45, 2.75) is 39.7 Å². The number of thiocarbonyl (C=S) groups is 1. The molecular formula is C18H25N3O3S. The Morgan fingerprint density at radius 2 is 2.08 bits per heavy atom. The fourth-order valence-electron chi connectivity index (χ4n) is 2.31. The lowest BCUT2D eigenvalue weighted by molar-refractivity contribution is -0.126. The van der Waals surface area contributed by atoms with Crippen LogP contribution in [0.25, 0.3) is 0 Å². The first-order valence-electron chi connectivity index (χ1n) is 8.38. The predicted molar refractivity (Wildman–Crippen MR) is 102 cm³/mol. The smallest absolute Gasteiger partial charge is 0.251 e. The van der Waals surface area contributed by atoms with Gasteiger partial charge in [0, 0.05) is 29.8 Å². The number of anilines is 1. The van der Waals surface area contributed by atoms with E-state index in [0.29, 0.717) is 17.8 Å². The lowest BCUT2D eigenvalue weighted by Crippen LogP contribution is -2.41. The maximum absolute atomic E-state index is 12.3. The van der Waals surface area contributed by atoms with E-state index in [1.54, 1.807) is 24.3 Å². The fraction of sp³-hybridized carbons (Fsp3) is 0.500. The number of ether oxygens (including phenoxy) is 1. The number of nitrogens with one attached hydrogen (secondary N) is 3. The van der Waals surface area contributed by atoms with E-state index in [-0.39, 0.29) is 23.0 Å². The third kappa shape index (κ3) is 6.10. The minimum Gasteiger partial charge on any atom is -0.376 e. The van der Waals surface area contributed by atoms with Gasteiger partial charge in [-0.1, -0.05) is 26.8 Å². The highest BCUT2D eigenvalue weighted by atomic mass is 32.1. The van der Waals surface area contributed by atoms with Gasteiger partial charge in [-0.25, -0.2) is 0 Å². The summed E-state index contributed by atoms with van der Waals surface area (Å²) in [6.45, 7) is 6.70. The summed E-state index contributed by atoms with van der Waals surface area (Å²) in [7, 11) is 0. The van der Waals surface area contributed by atoms with Gasteiger partial charge in [-0.05, 0) is 43.3 Å². The summed E-state index contributed by atoms with van der Waals surface area (Å²) in [5.74, 6) is -0.334. The Morgan fingerprint density at radius 1 is 1.32 bits per heavy atom. The normalized spacial score (nSPS) is 17.0. The number of hydrogen-bond donors (Lipinski definition) is 3. The molecule has 1 aromatic rings. The van der Waals surface area contributed by atoms with Gasteiger partial charge in [0.05, 0.1) is 6.10 Å². The summed E-state index contributed by atoms with van der Waals surface area (Å²) in [5, 5.41) is 8.66. The van der Waals surface area contributed by atoms with E-state index in [1.165, 1.54) is 0 Å². The maximum atomic E-state index is 12.3. The Labute approximate surface area is 153 Å². The van der Waals surface area contributed by atoms with Gasteiger partial charge in [0.1, 0.15) is 0 Å². The largest absolute Gasteiger partial charge is 0.376 e. The molecule has 0 saturated carbocycles. The molecule has 1 fully saturated rings. The molecule has 136 valence electrons. The molecular weight excluding hydrogens is 338 g/mol. The lowest BCUT2D eigenvalue weighted by Gasteiger charge is -2.18. The highest BCUT2D eigenvalue weighted by Crippen LogP contribution is 2.14. The summed E-state index contributed by atoms with van der Waals surface area (Å²) in [6, 6.07) is 6.97. The van der Waals surface area contributed by atoms with Gasteiger partial charge in [-0.3, -0.25) is 9.59 Å². The number of benzene rings is 1. The van der Waals surface area contributed by atoms with Crippen LogP contribution in [0.4, 0.5) is 5.69 Å². The van der Waals surface area contributed by atoms with E-state index in [0.717, 1.165) is 19.4 Å². The average Bonchev–Trinajstić information content (AvgIpc) is 3.05. The molecule has 0 aliphatic carbocycles. The minimum atomic E-state index is -0.532. The van der Waals surface area contributed by atoms with E-state index < -0.39 is 5.41 Å². The zero-order valence-electron chi connectivity index (χ0n) is 14.8. The van der Waals surface area contributed by atoms with Crippen LogP contribution >= 0.6 is 12.2 Å². The number of carbonyl (C=O) groups is 2. The molecule has 1 heterocycles. The molecule has 6 nitrogen and oxygen atoms in total. The van der Waals surface area contributed by atoms with Crippen LogP contribution in [0.2, 0.25) is 0 Å². The molecule has 3 N–H and O–H groups in total. The molecule has 1 saturated heterocycles. The highest BCUT2D eigenvalue weighted by Gasteiger charge is 2.22. The van der Waals surface area contributed by atoms with Gasteiger partial charge in [0.2, 0.25) is 5.91 Å². The van der Waals surface area contributed by atoms with Crippen LogP contribution in [-0.4, -0.2) is 36.2 Å². The molecule has 0 radical (unpaired) electrons. The van der Waals surface area contributed by atoms with Crippen LogP contribution in [0, 0.1) is 5.41 Å². The van der Waals surface area contributed by atoms with Crippen LogP contribution < -0.4 is 16.0 Å². The number of rotatable bonds is 4. The van der Waals surface area contributed by atoms with E-state index in [9.17, 15) is 9.59 Å². The van der Waals surface area contributed by atoms with Crippen molar-refractivity contribution >= 4 is 34.8 Å². The Balaban J connectivity index is 1.90. The highest BCUT2D eigenvalue weighted by molar-refractivity contribution is 7.80. The van der Waals surface area contributed by atoms with Crippen molar-refractivity contribution in [1.82, 2.24) is 10.6 Å². The van der Waals surface area contributed by atoms with Crippen molar-refractivity contribution in [3.63, 3.8) is 0 Å². The first-order chi connectivity index (χ1) is 11.8. The molecule has 0 bridgehead atoms. The standard InChI is InChI=1S/C18H25N3O3S/c1-18(2,3)16(23)21-17(25)20-13-7-4-6-12(10-13)15(22)19-11-14-8-5-9-24-14/h4,6-7,10,14H,5,8-9,11H2,1-3H3,(H,19,22)(H2,20,21,23,25)/t14-/m1/s1. The van der Waals surface area contributed by atoms with Gasteiger partial charge < -0.3 is 20.7 Å². The fourth-order valence-corrected chi connectivity index (χ4v) is 2.52. The first kappa shape index (κ1) is 19.3. The Bertz CT molecular complexity index is 649. The van der Waals surface area contributed by atoms with E-state index in [2.05, 4.69) is 16.0 Å². The number of carbonyl (C=O) groups excluding carboxylic acids is 2. The van der Waals surface area contributed by atoms with Crippen LogP contribution in [0.3, 0.4) is 0 Å². The zero-order chi connectivity index (χ0) is 18.4. The van der Waals surface area contributed by atoms with Crippen LogP contribution in [0.15, 0.2) is 24.3 Å². The van der Waals surface area contributed by atoms with Gasteiger partial charge in [0.25, 0.3) is 5.91 Å². The van der Waals surface area contributed by atoms with Crippen LogP contribution in [-0.2, 0) is 9.53 Å². The topological polar surface area (TPSA) is 79.5 Å². The van der Waals surface area contributed by atoms with Gasteiger partial charge in [0.15, 0.2) is 5.11 Å². The molecule has 0 aromatic heterocycles. The minimum absolute atomic E-state index is 0.102. The molecule has 0 unspecified atom stereocenters. The molecule has 2 rings (SSSR count). The number of amides is 2. The Morgan fingerprint density at radius 3 is 2.72 bits per heavy atom. The third-order valence-corrected chi connectivity index (χ3v) is 4.01. The molecule has 25 heavy (non-hydrogen) atoms. The van der Waals surface area contributed by atoms with Crippen molar-refractivity contribution in [3.8, 4) is 0 Å². The molecule has 0 spiro atoms. The Kier molecular flexibility index (Phi) is 6.50. The molecule has 1 aliphatic heterocycles. The van der Waals surface area contributed by atoms with Crippen LogP contribution in [0.1, 0.15) is 44.0 Å². The second-order valence-corrected chi connectivity index (χ2v) is 7.49. The van der Waals surface area contributed by atoms with Crippen LogP contribution in [0.5, 0.6) is 0 Å². The summed E-state index contributed by atoms with van der Waals surface area (Å²) in [6.07, 6.45) is 2.12. The predicted octanol–water partition coefficient (Wildman–Crippen LogP) is 2.45. The van der Waals surface area contributed by atoms with E-state index >= 15 is 0 Å². The SMILES string of the molecule is CC(C)(C)C(=O)NC(=S)Nc1cccc(C(=O)NC[C@H]2CCCO2)c1. The maximum Gasteiger partial charge on any atom is 0.251 e. The zero-order valence-corrected chi connectivity index (χ0v) is 15.7. The van der Waals surface area contributed by atoms with E-state index in [4.69, 9.17) is 17.0 Å². The number of hydrogen-bond acceptors (Lipinski definition) is 4. The molecule has 7 heteroatoms.